The maximum absolute atomic E-state index is 10.5. The lowest BCUT2D eigenvalue weighted by atomic mass is 10.7. The fraction of sp³-hybridized carbons (Fsp3) is 1.00. The Morgan fingerprint density at radius 1 is 1.75 bits per heavy atom. The van der Waals surface area contributed by atoms with Crippen molar-refractivity contribution in [3.8, 4) is 0 Å². The van der Waals surface area contributed by atoms with Gasteiger partial charge in [-0.1, -0.05) is 0 Å². The van der Waals surface area contributed by atoms with Gasteiger partial charge in [-0.2, -0.15) is 0 Å². The first-order valence-corrected chi connectivity index (χ1v) is 4.14. The fourth-order valence-corrected chi connectivity index (χ4v) is 1.43. The normalized spacial score (nSPS) is 39.6. The molecule has 4 nitrogen and oxygen atoms in total. The number of nitrogens with one attached hydrogen (secondary N) is 1. The average Bonchev–Trinajstić information content (AvgIpc) is 1.65. The van der Waals surface area contributed by atoms with Crippen molar-refractivity contribution in [1.29, 1.82) is 0 Å². The monoisotopic (exact) mass is 137 g/mol. The topological polar surface area (TPSA) is 58.6 Å². The van der Waals surface area contributed by atoms with E-state index in [0.29, 0.717) is 13.2 Å². The number of hydrogen-bond acceptors (Lipinski definition) is 3. The van der Waals surface area contributed by atoms with Gasteiger partial charge in [0.2, 0.25) is 0 Å². The molecule has 0 aromatic rings. The molecule has 0 aromatic heterocycles. The summed E-state index contributed by atoms with van der Waals surface area (Å²) in [5.74, 6) is 0. The first kappa shape index (κ1) is 6.23. The molecule has 1 aliphatic heterocycles. The van der Waals surface area contributed by atoms with Crippen LogP contribution >= 0.6 is 7.60 Å². The Bertz CT molecular complexity index is 116. The summed E-state index contributed by atoms with van der Waals surface area (Å²) in [7, 11) is -3.20. The van der Waals surface area contributed by atoms with Crippen LogP contribution in [0.5, 0.6) is 0 Å². The van der Waals surface area contributed by atoms with Gasteiger partial charge in [0.25, 0.3) is 0 Å². The zero-order chi connectivity index (χ0) is 6.04. The largest absolute Gasteiger partial charge is 0.341 e. The Balaban J connectivity index is 2.45. The molecule has 0 amide bonds. The molecule has 1 rings (SSSR count). The quantitative estimate of drug-likeness (QED) is 0.452. The smallest absolute Gasteiger partial charge is 0.323 e. The summed E-state index contributed by atoms with van der Waals surface area (Å²) in [5, 5.41) is 2.74. The average molecular weight is 137 g/mol. The van der Waals surface area contributed by atoms with Crippen molar-refractivity contribution in [2.45, 2.75) is 0 Å². The highest BCUT2D eigenvalue weighted by atomic mass is 31.2. The molecule has 1 atom stereocenters. The molecule has 2 N–H and O–H groups in total. The van der Waals surface area contributed by atoms with Crippen LogP contribution in [-0.4, -0.2) is 24.3 Å². The Labute approximate surface area is 47.4 Å². The summed E-state index contributed by atoms with van der Waals surface area (Å²) < 4.78 is 15.0. The van der Waals surface area contributed by atoms with Gasteiger partial charge in [-0.15, -0.1) is 0 Å². The van der Waals surface area contributed by atoms with Crippen LogP contribution in [0, 0.1) is 0 Å². The second kappa shape index (κ2) is 2.15. The third kappa shape index (κ3) is 1.56. The van der Waals surface area contributed by atoms with Crippen LogP contribution in [0.25, 0.3) is 0 Å². The molecule has 48 valence electrons. The lowest BCUT2D eigenvalue weighted by molar-refractivity contribution is 0.238. The lowest BCUT2D eigenvalue weighted by Crippen LogP contribution is -2.26. The van der Waals surface area contributed by atoms with Crippen LogP contribution in [0.1, 0.15) is 0 Å². The maximum Gasteiger partial charge on any atom is 0.341 e. The molecule has 1 aliphatic rings. The van der Waals surface area contributed by atoms with Crippen LogP contribution < -0.4 is 5.32 Å². The predicted octanol–water partition coefficient (Wildman–Crippen LogP) is -0.251. The Kier molecular flexibility index (Phi) is 1.68. The highest BCUT2D eigenvalue weighted by molar-refractivity contribution is 7.52. The Morgan fingerprint density at radius 3 is 2.75 bits per heavy atom. The summed E-state index contributed by atoms with van der Waals surface area (Å²) in [6, 6.07) is 0. The Hall–Kier alpha value is 0.110. The summed E-state index contributed by atoms with van der Waals surface area (Å²) >= 11 is 0. The minimum absolute atomic E-state index is 0.0903. The van der Waals surface area contributed by atoms with E-state index in [1.165, 1.54) is 0 Å². The number of hydrogen-bond donors (Lipinski definition) is 2. The molecule has 1 unspecified atom stereocenters. The molecule has 1 fully saturated rings. The third-order valence-corrected chi connectivity index (χ3v) is 2.09. The third-order valence-electron chi connectivity index (χ3n) is 0.883. The van der Waals surface area contributed by atoms with Gasteiger partial charge in [0.1, 0.15) is 0 Å². The van der Waals surface area contributed by atoms with Crippen molar-refractivity contribution in [3.05, 3.63) is 0 Å². The summed E-state index contributed by atoms with van der Waals surface area (Å²) in [6.45, 7) is 1.01. The van der Waals surface area contributed by atoms with Crippen molar-refractivity contribution in [2.24, 2.45) is 0 Å². The van der Waals surface area contributed by atoms with E-state index in [2.05, 4.69) is 9.84 Å². The molecule has 0 aromatic carbocycles. The molecule has 0 aliphatic carbocycles. The zero-order valence-corrected chi connectivity index (χ0v) is 5.23. The summed E-state index contributed by atoms with van der Waals surface area (Å²) in [6.07, 6.45) is 0.0903. The zero-order valence-electron chi connectivity index (χ0n) is 4.33. The van der Waals surface area contributed by atoms with Crippen LogP contribution in [0.4, 0.5) is 0 Å². The SMILES string of the molecule is O=P1(O)CNCCO1. The minimum atomic E-state index is -3.20. The van der Waals surface area contributed by atoms with Crippen LogP contribution in [0.3, 0.4) is 0 Å². The van der Waals surface area contributed by atoms with Gasteiger partial charge in [0, 0.05) is 6.54 Å². The molecule has 0 saturated carbocycles. The van der Waals surface area contributed by atoms with Crippen molar-refractivity contribution >= 4 is 7.60 Å². The van der Waals surface area contributed by atoms with Crippen molar-refractivity contribution < 1.29 is 14.0 Å². The number of rotatable bonds is 0. The molecule has 5 heteroatoms. The van der Waals surface area contributed by atoms with E-state index in [-0.39, 0.29) is 6.29 Å². The van der Waals surface area contributed by atoms with Gasteiger partial charge in [-0.05, 0) is 0 Å². The molecular formula is C3H8NO3P. The van der Waals surface area contributed by atoms with Gasteiger partial charge < -0.3 is 14.7 Å². The van der Waals surface area contributed by atoms with Gasteiger partial charge in [-0.25, -0.2) is 0 Å². The standard InChI is InChI=1S/C3H8NO3P/c5-8(6)3-4-1-2-7-8/h4H,1-3H2,(H,5,6). The van der Waals surface area contributed by atoms with E-state index in [1.54, 1.807) is 0 Å². The molecule has 0 radical (unpaired) electrons. The lowest BCUT2D eigenvalue weighted by Gasteiger charge is -2.17. The van der Waals surface area contributed by atoms with Gasteiger partial charge in [0.15, 0.2) is 0 Å². The van der Waals surface area contributed by atoms with E-state index in [4.69, 9.17) is 4.89 Å². The second-order valence-corrected chi connectivity index (χ2v) is 3.48. The minimum Gasteiger partial charge on any atom is -0.323 e. The van der Waals surface area contributed by atoms with Gasteiger partial charge in [-0.3, -0.25) is 4.57 Å². The first-order valence-electron chi connectivity index (χ1n) is 2.38. The van der Waals surface area contributed by atoms with Crippen molar-refractivity contribution in [1.82, 2.24) is 5.32 Å². The van der Waals surface area contributed by atoms with Crippen LogP contribution in [0.2, 0.25) is 0 Å². The Morgan fingerprint density at radius 2 is 2.50 bits per heavy atom. The van der Waals surface area contributed by atoms with E-state index in [1.807, 2.05) is 0 Å². The van der Waals surface area contributed by atoms with Crippen LogP contribution in [0.15, 0.2) is 0 Å². The van der Waals surface area contributed by atoms with E-state index >= 15 is 0 Å². The molecular weight excluding hydrogens is 129 g/mol. The highest BCUT2D eigenvalue weighted by Crippen LogP contribution is 2.41. The van der Waals surface area contributed by atoms with E-state index in [9.17, 15) is 4.57 Å². The van der Waals surface area contributed by atoms with Gasteiger partial charge >= 0.3 is 7.60 Å². The first-order chi connectivity index (χ1) is 3.71. The van der Waals surface area contributed by atoms with Crippen molar-refractivity contribution in [2.75, 3.05) is 19.4 Å². The molecule has 1 heterocycles. The molecule has 0 spiro atoms. The van der Waals surface area contributed by atoms with Gasteiger partial charge in [0.05, 0.1) is 12.9 Å². The molecule has 8 heavy (non-hydrogen) atoms. The predicted molar refractivity (Wildman–Crippen MR) is 28.6 cm³/mol. The van der Waals surface area contributed by atoms with E-state index in [0.717, 1.165) is 0 Å². The second-order valence-electron chi connectivity index (χ2n) is 1.63. The van der Waals surface area contributed by atoms with Crippen molar-refractivity contribution in [3.63, 3.8) is 0 Å². The van der Waals surface area contributed by atoms with E-state index < -0.39 is 7.60 Å². The summed E-state index contributed by atoms with van der Waals surface area (Å²) in [4.78, 5) is 8.65. The van der Waals surface area contributed by atoms with Crippen LogP contribution in [-0.2, 0) is 9.09 Å². The summed E-state index contributed by atoms with van der Waals surface area (Å²) in [5.41, 5.74) is 0. The highest BCUT2D eigenvalue weighted by Gasteiger charge is 2.21. The molecule has 1 saturated heterocycles. The maximum atomic E-state index is 10.5. The molecule has 0 bridgehead atoms. The fourth-order valence-electron chi connectivity index (χ4n) is 0.526.